The Morgan fingerprint density at radius 2 is 2.00 bits per heavy atom. The molecule has 7 heteroatoms. The van der Waals surface area contributed by atoms with Gasteiger partial charge in [-0.3, -0.25) is 14.5 Å². The summed E-state index contributed by atoms with van der Waals surface area (Å²) >= 11 is 11.6. The van der Waals surface area contributed by atoms with Crippen molar-refractivity contribution in [1.29, 1.82) is 0 Å². The number of fused-ring (bicyclic) bond motifs is 1. The van der Waals surface area contributed by atoms with Crippen molar-refractivity contribution >= 4 is 46.4 Å². The van der Waals surface area contributed by atoms with E-state index in [9.17, 15) is 9.59 Å². The van der Waals surface area contributed by atoms with E-state index in [2.05, 4.69) is 10.3 Å². The molecule has 2 N–H and O–H groups in total. The molecule has 0 aliphatic carbocycles. The molecule has 1 aliphatic rings. The number of hydrogen-bond donors (Lipinski definition) is 2. The largest absolute Gasteiger partial charge is 0.340 e. The lowest BCUT2D eigenvalue weighted by Crippen LogP contribution is -2.42. The Labute approximate surface area is 124 Å². The number of aromatic nitrogens is 1. The van der Waals surface area contributed by atoms with E-state index in [1.54, 1.807) is 24.3 Å². The first-order valence-electron chi connectivity index (χ1n) is 5.81. The van der Waals surface area contributed by atoms with Crippen LogP contribution >= 0.6 is 23.2 Å². The minimum absolute atomic E-state index is 0.0515. The van der Waals surface area contributed by atoms with Gasteiger partial charge in [0, 0.05) is 0 Å². The predicted molar refractivity (Wildman–Crippen MR) is 77.6 cm³/mol. The second-order valence-corrected chi connectivity index (χ2v) is 5.09. The van der Waals surface area contributed by atoms with Crippen LogP contribution in [0.25, 0.3) is 0 Å². The summed E-state index contributed by atoms with van der Waals surface area (Å²) in [4.78, 5) is 28.2. The first kappa shape index (κ1) is 13.0. The van der Waals surface area contributed by atoms with Crippen molar-refractivity contribution in [3.8, 4) is 0 Å². The highest BCUT2D eigenvalue weighted by Gasteiger charge is 2.28. The van der Waals surface area contributed by atoms with Crippen molar-refractivity contribution in [2.45, 2.75) is 0 Å². The minimum Gasteiger partial charge on any atom is -0.340 e. The van der Waals surface area contributed by atoms with E-state index < -0.39 is 0 Å². The van der Waals surface area contributed by atoms with Gasteiger partial charge in [0.15, 0.2) is 0 Å². The normalized spacial score (nSPS) is 13.9. The van der Waals surface area contributed by atoms with Gasteiger partial charge in [-0.25, -0.2) is 0 Å². The molecule has 5 nitrogen and oxygen atoms in total. The number of halogens is 2. The minimum atomic E-state index is -0.360. The van der Waals surface area contributed by atoms with Crippen molar-refractivity contribution in [3.05, 3.63) is 46.2 Å². The topological polar surface area (TPSA) is 65.2 Å². The quantitative estimate of drug-likeness (QED) is 0.850. The summed E-state index contributed by atoms with van der Waals surface area (Å²) in [6, 6.07) is 8.53. The lowest BCUT2D eigenvalue weighted by Gasteiger charge is -2.28. The number of nitrogens with one attached hydrogen (secondary N) is 2. The van der Waals surface area contributed by atoms with Gasteiger partial charge in [0.05, 0.1) is 16.4 Å². The molecule has 2 aromatic rings. The number of hydrogen-bond acceptors (Lipinski definition) is 2. The number of benzene rings is 1. The Balaban J connectivity index is 2.01. The molecular weight excluding hydrogens is 301 g/mol. The third-order valence-corrected chi connectivity index (χ3v) is 3.66. The molecule has 2 amide bonds. The molecule has 2 heterocycles. The van der Waals surface area contributed by atoms with Crippen molar-refractivity contribution in [1.82, 2.24) is 4.98 Å². The van der Waals surface area contributed by atoms with Crippen LogP contribution in [-0.4, -0.2) is 23.3 Å². The fraction of sp³-hybridized carbons (Fsp3) is 0.0769. The molecule has 102 valence electrons. The molecule has 1 aromatic carbocycles. The summed E-state index contributed by atoms with van der Waals surface area (Å²) < 4.78 is 0. The third-order valence-electron chi connectivity index (χ3n) is 2.97. The Morgan fingerprint density at radius 3 is 2.70 bits per heavy atom. The standard InChI is InChI=1S/C13H9Cl2N3O2/c14-7-5-9(17-12(7)15)13(20)18-6-11(19)16-8-3-1-2-4-10(8)18/h1-5,17H,6H2,(H,16,19). The molecule has 0 radical (unpaired) electrons. The van der Waals surface area contributed by atoms with Gasteiger partial charge >= 0.3 is 0 Å². The number of aromatic amines is 1. The first-order valence-corrected chi connectivity index (χ1v) is 6.56. The van der Waals surface area contributed by atoms with Crippen LogP contribution in [0.5, 0.6) is 0 Å². The van der Waals surface area contributed by atoms with E-state index in [0.717, 1.165) is 0 Å². The summed E-state index contributed by atoms with van der Waals surface area (Å²) in [6.07, 6.45) is 0. The van der Waals surface area contributed by atoms with E-state index in [4.69, 9.17) is 23.2 Å². The average molecular weight is 310 g/mol. The molecule has 20 heavy (non-hydrogen) atoms. The van der Waals surface area contributed by atoms with Gasteiger partial charge in [0.25, 0.3) is 5.91 Å². The molecule has 0 saturated heterocycles. The zero-order valence-electron chi connectivity index (χ0n) is 10.1. The van der Waals surface area contributed by atoms with Crippen LogP contribution in [0.1, 0.15) is 10.5 Å². The van der Waals surface area contributed by atoms with Gasteiger partial charge < -0.3 is 10.3 Å². The Morgan fingerprint density at radius 1 is 1.25 bits per heavy atom. The van der Waals surface area contributed by atoms with Crippen molar-refractivity contribution in [3.63, 3.8) is 0 Å². The summed E-state index contributed by atoms with van der Waals surface area (Å²) in [5, 5.41) is 3.18. The SMILES string of the molecule is O=C1CN(C(=O)c2cc(Cl)c(Cl)[nH]2)c2ccccc2N1. The van der Waals surface area contributed by atoms with Crippen LogP contribution in [0.3, 0.4) is 0 Å². The lowest BCUT2D eigenvalue weighted by atomic mass is 10.2. The Kier molecular flexibility index (Phi) is 3.16. The predicted octanol–water partition coefficient (Wildman–Crippen LogP) is 2.92. The molecule has 1 aliphatic heterocycles. The first-order chi connectivity index (χ1) is 9.56. The Bertz CT molecular complexity index is 692. The van der Waals surface area contributed by atoms with Crippen LogP contribution in [0, 0.1) is 0 Å². The highest BCUT2D eigenvalue weighted by Crippen LogP contribution is 2.31. The highest BCUT2D eigenvalue weighted by molar-refractivity contribution is 6.41. The number of amides is 2. The van der Waals surface area contributed by atoms with E-state index in [0.29, 0.717) is 11.4 Å². The maximum absolute atomic E-state index is 12.5. The highest BCUT2D eigenvalue weighted by atomic mass is 35.5. The van der Waals surface area contributed by atoms with Gasteiger partial charge in [-0.1, -0.05) is 35.3 Å². The molecule has 0 saturated carbocycles. The molecule has 0 fully saturated rings. The summed E-state index contributed by atoms with van der Waals surface area (Å²) in [5.41, 5.74) is 1.48. The van der Waals surface area contributed by atoms with Crippen molar-refractivity contribution in [2.24, 2.45) is 0 Å². The zero-order chi connectivity index (χ0) is 14.3. The lowest BCUT2D eigenvalue weighted by molar-refractivity contribution is -0.115. The maximum Gasteiger partial charge on any atom is 0.275 e. The van der Waals surface area contributed by atoms with E-state index >= 15 is 0 Å². The second kappa shape index (κ2) is 4.85. The Hall–Kier alpha value is -1.98. The van der Waals surface area contributed by atoms with E-state index in [1.807, 2.05) is 0 Å². The number of carbonyl (C=O) groups is 2. The van der Waals surface area contributed by atoms with E-state index in [1.165, 1.54) is 11.0 Å². The summed E-state index contributed by atoms with van der Waals surface area (Å²) in [7, 11) is 0. The van der Waals surface area contributed by atoms with E-state index in [-0.39, 0.29) is 34.2 Å². The monoisotopic (exact) mass is 309 g/mol. The van der Waals surface area contributed by atoms with Gasteiger partial charge in [-0.2, -0.15) is 0 Å². The molecule has 3 rings (SSSR count). The number of para-hydroxylation sites is 2. The number of rotatable bonds is 1. The average Bonchev–Trinajstić information content (AvgIpc) is 2.77. The van der Waals surface area contributed by atoms with Crippen molar-refractivity contribution < 1.29 is 9.59 Å². The summed E-state index contributed by atoms with van der Waals surface area (Å²) in [5.74, 6) is -0.609. The molecule has 0 spiro atoms. The number of carbonyl (C=O) groups excluding carboxylic acids is 2. The summed E-state index contributed by atoms with van der Waals surface area (Å²) in [6.45, 7) is -0.0515. The van der Waals surface area contributed by atoms with Gasteiger partial charge in [0.2, 0.25) is 5.91 Å². The number of H-pyrrole nitrogens is 1. The van der Waals surface area contributed by atoms with Gasteiger partial charge in [-0.15, -0.1) is 0 Å². The molecule has 0 atom stereocenters. The van der Waals surface area contributed by atoms with Gasteiger partial charge in [-0.05, 0) is 18.2 Å². The molecule has 0 unspecified atom stereocenters. The smallest absolute Gasteiger partial charge is 0.275 e. The fourth-order valence-corrected chi connectivity index (χ4v) is 2.39. The fourth-order valence-electron chi connectivity index (χ4n) is 2.08. The van der Waals surface area contributed by atoms with Crippen LogP contribution in [-0.2, 0) is 4.79 Å². The number of nitrogens with zero attached hydrogens (tertiary/aromatic N) is 1. The maximum atomic E-state index is 12.5. The molecule has 1 aromatic heterocycles. The van der Waals surface area contributed by atoms with Crippen LogP contribution in [0.2, 0.25) is 10.2 Å². The van der Waals surface area contributed by atoms with Gasteiger partial charge in [0.1, 0.15) is 17.4 Å². The number of anilines is 2. The van der Waals surface area contributed by atoms with Crippen molar-refractivity contribution in [2.75, 3.05) is 16.8 Å². The zero-order valence-corrected chi connectivity index (χ0v) is 11.6. The molecule has 0 bridgehead atoms. The molecular formula is C13H9Cl2N3O2. The third kappa shape index (κ3) is 2.15. The van der Waals surface area contributed by atoms with Crippen LogP contribution in [0.4, 0.5) is 11.4 Å². The van der Waals surface area contributed by atoms with Crippen LogP contribution in [0.15, 0.2) is 30.3 Å². The van der Waals surface area contributed by atoms with Crippen LogP contribution < -0.4 is 10.2 Å². The second-order valence-electron chi connectivity index (χ2n) is 4.30.